The lowest BCUT2D eigenvalue weighted by molar-refractivity contribution is -0.118. The molecule has 106 valence electrons. The zero-order chi connectivity index (χ0) is 14.9. The van der Waals surface area contributed by atoms with Gasteiger partial charge in [-0.15, -0.1) is 0 Å². The number of carbonyl (C=O) groups is 2. The Morgan fingerprint density at radius 1 is 1.45 bits per heavy atom. The van der Waals surface area contributed by atoms with Crippen molar-refractivity contribution in [3.63, 3.8) is 0 Å². The molecule has 0 saturated heterocycles. The lowest BCUT2D eigenvalue weighted by Gasteiger charge is -2.11. The van der Waals surface area contributed by atoms with Crippen LogP contribution in [0.2, 0.25) is 0 Å². The summed E-state index contributed by atoms with van der Waals surface area (Å²) in [6.07, 6.45) is -0.171. The molecule has 2 rings (SSSR count). The van der Waals surface area contributed by atoms with Gasteiger partial charge in [0, 0.05) is 7.05 Å². The molecule has 9 heteroatoms. The first kappa shape index (κ1) is 14.2. The van der Waals surface area contributed by atoms with Gasteiger partial charge in [-0.1, -0.05) is 6.07 Å². The van der Waals surface area contributed by atoms with Gasteiger partial charge in [0.25, 0.3) is 21.9 Å². The van der Waals surface area contributed by atoms with Gasteiger partial charge in [0.2, 0.25) is 0 Å². The first-order valence-corrected chi connectivity index (χ1v) is 6.97. The summed E-state index contributed by atoms with van der Waals surface area (Å²) >= 11 is 0. The number of hydrazone groups is 1. The number of amides is 2. The smallest absolute Gasteiger partial charge is 0.294 e. The van der Waals surface area contributed by atoms with Crippen molar-refractivity contribution in [2.45, 2.75) is 11.3 Å². The van der Waals surface area contributed by atoms with Gasteiger partial charge in [-0.05, 0) is 18.2 Å². The van der Waals surface area contributed by atoms with Crippen molar-refractivity contribution in [1.82, 2.24) is 5.32 Å². The molecule has 0 atom stereocenters. The zero-order valence-electron chi connectivity index (χ0n) is 10.4. The van der Waals surface area contributed by atoms with E-state index in [1.165, 1.54) is 25.2 Å². The predicted molar refractivity (Wildman–Crippen MR) is 69.9 cm³/mol. The van der Waals surface area contributed by atoms with Gasteiger partial charge in [0.15, 0.2) is 0 Å². The summed E-state index contributed by atoms with van der Waals surface area (Å²) in [4.78, 5) is 22.8. The molecule has 1 aromatic rings. The summed E-state index contributed by atoms with van der Waals surface area (Å²) in [7, 11) is -2.96. The van der Waals surface area contributed by atoms with E-state index in [1.54, 1.807) is 0 Å². The number of anilines is 1. The quantitative estimate of drug-likeness (QED) is 0.748. The molecule has 0 aliphatic carbocycles. The Bertz CT molecular complexity index is 711. The molecule has 1 aromatic carbocycles. The van der Waals surface area contributed by atoms with Crippen LogP contribution in [0, 0.1) is 0 Å². The van der Waals surface area contributed by atoms with Crippen molar-refractivity contribution in [2.75, 3.05) is 12.1 Å². The molecule has 0 unspecified atom stereocenters. The van der Waals surface area contributed by atoms with E-state index in [1.807, 2.05) is 0 Å². The van der Waals surface area contributed by atoms with Crippen molar-refractivity contribution in [3.05, 3.63) is 24.3 Å². The van der Waals surface area contributed by atoms with E-state index < -0.39 is 21.9 Å². The number of benzene rings is 1. The topological polar surface area (TPSA) is 116 Å². The molecular weight excluding hydrogens is 286 g/mol. The molecule has 0 radical (unpaired) electrons. The minimum Gasteiger partial charge on any atom is -0.354 e. The molecule has 0 fully saturated rings. The van der Waals surface area contributed by atoms with E-state index in [-0.39, 0.29) is 22.7 Å². The van der Waals surface area contributed by atoms with Crippen LogP contribution in [-0.2, 0) is 19.7 Å². The number of nitrogens with zero attached hydrogens (tertiary/aromatic N) is 2. The maximum absolute atomic E-state index is 11.8. The molecule has 0 aromatic heterocycles. The number of nitrogens with one attached hydrogen (secondary N) is 1. The highest BCUT2D eigenvalue weighted by Crippen LogP contribution is 2.23. The summed E-state index contributed by atoms with van der Waals surface area (Å²) < 4.78 is 31.1. The van der Waals surface area contributed by atoms with E-state index in [9.17, 15) is 18.0 Å². The highest BCUT2D eigenvalue weighted by molar-refractivity contribution is 7.85. The Morgan fingerprint density at radius 3 is 2.75 bits per heavy atom. The Balaban J connectivity index is 2.40. The third-order valence-electron chi connectivity index (χ3n) is 2.62. The molecule has 0 saturated carbocycles. The maximum atomic E-state index is 11.8. The second kappa shape index (κ2) is 5.02. The molecule has 0 bridgehead atoms. The van der Waals surface area contributed by atoms with Gasteiger partial charge < -0.3 is 5.32 Å². The number of carbonyl (C=O) groups excluding carboxylic acids is 2. The Morgan fingerprint density at radius 2 is 2.15 bits per heavy atom. The fraction of sp³-hybridized carbons (Fsp3) is 0.182. The second-order valence-corrected chi connectivity index (χ2v) is 5.40. The minimum atomic E-state index is -4.37. The average Bonchev–Trinajstić information content (AvgIpc) is 2.79. The summed E-state index contributed by atoms with van der Waals surface area (Å²) in [5.74, 6) is -0.942. The van der Waals surface area contributed by atoms with E-state index in [2.05, 4.69) is 10.4 Å². The first-order chi connectivity index (χ1) is 9.32. The Labute approximate surface area is 114 Å². The SMILES string of the molecule is CNC(=O)C1=NN(c2cccc(S(=O)(=O)O)c2)C(=O)C1. The average molecular weight is 297 g/mol. The van der Waals surface area contributed by atoms with E-state index in [0.717, 1.165) is 11.1 Å². The van der Waals surface area contributed by atoms with Gasteiger partial charge in [-0.3, -0.25) is 14.1 Å². The second-order valence-electron chi connectivity index (χ2n) is 3.98. The standard InChI is InChI=1S/C11H11N3O5S/c1-12-11(16)9-6-10(15)14(13-9)7-3-2-4-8(5-7)20(17,18)19/h2-5H,6H2,1H3,(H,12,16)(H,17,18,19). The minimum absolute atomic E-state index is 0.0368. The van der Waals surface area contributed by atoms with Crippen LogP contribution in [0.15, 0.2) is 34.3 Å². The highest BCUT2D eigenvalue weighted by Gasteiger charge is 2.29. The summed E-state index contributed by atoms with van der Waals surface area (Å²) in [6.45, 7) is 0. The van der Waals surface area contributed by atoms with Crippen molar-refractivity contribution < 1.29 is 22.6 Å². The van der Waals surface area contributed by atoms with Gasteiger partial charge in [-0.2, -0.15) is 18.5 Å². The van der Waals surface area contributed by atoms with Crippen molar-refractivity contribution in [1.29, 1.82) is 0 Å². The molecule has 1 heterocycles. The normalized spacial score (nSPS) is 15.2. The molecule has 2 amide bonds. The van der Waals surface area contributed by atoms with Crippen LogP contribution in [0.5, 0.6) is 0 Å². The van der Waals surface area contributed by atoms with Gasteiger partial charge >= 0.3 is 0 Å². The van der Waals surface area contributed by atoms with Crippen LogP contribution in [-0.4, -0.2) is 37.5 Å². The van der Waals surface area contributed by atoms with Gasteiger partial charge in [0.1, 0.15) is 5.71 Å². The molecule has 0 spiro atoms. The van der Waals surface area contributed by atoms with Gasteiger partial charge in [0.05, 0.1) is 17.0 Å². The van der Waals surface area contributed by atoms with E-state index >= 15 is 0 Å². The molecule has 1 aliphatic heterocycles. The van der Waals surface area contributed by atoms with Crippen LogP contribution in [0.1, 0.15) is 6.42 Å². The zero-order valence-corrected chi connectivity index (χ0v) is 11.2. The molecular formula is C11H11N3O5S. The van der Waals surface area contributed by atoms with Crippen LogP contribution < -0.4 is 10.3 Å². The lowest BCUT2D eigenvalue weighted by Crippen LogP contribution is -2.26. The number of rotatable bonds is 3. The van der Waals surface area contributed by atoms with E-state index in [0.29, 0.717) is 0 Å². The molecule has 2 N–H and O–H groups in total. The number of hydrogen-bond acceptors (Lipinski definition) is 5. The highest BCUT2D eigenvalue weighted by atomic mass is 32.2. The largest absolute Gasteiger partial charge is 0.354 e. The van der Waals surface area contributed by atoms with E-state index in [4.69, 9.17) is 4.55 Å². The molecule has 20 heavy (non-hydrogen) atoms. The third-order valence-corrected chi connectivity index (χ3v) is 3.47. The predicted octanol–water partition coefficient (Wildman–Crippen LogP) is -0.228. The van der Waals surface area contributed by atoms with Crippen LogP contribution >= 0.6 is 0 Å². The molecule has 1 aliphatic rings. The van der Waals surface area contributed by atoms with Crippen LogP contribution in [0.25, 0.3) is 0 Å². The summed E-state index contributed by atoms with van der Waals surface area (Å²) in [5, 5.41) is 7.13. The summed E-state index contributed by atoms with van der Waals surface area (Å²) in [6, 6.07) is 5.09. The fourth-order valence-corrected chi connectivity index (χ4v) is 2.20. The third kappa shape index (κ3) is 2.68. The lowest BCUT2D eigenvalue weighted by atomic mass is 10.2. The Kier molecular flexibility index (Phi) is 3.55. The monoisotopic (exact) mass is 297 g/mol. The number of hydrogen-bond donors (Lipinski definition) is 2. The van der Waals surface area contributed by atoms with Crippen LogP contribution in [0.4, 0.5) is 5.69 Å². The van der Waals surface area contributed by atoms with Crippen LogP contribution in [0.3, 0.4) is 0 Å². The van der Waals surface area contributed by atoms with Crippen molar-refractivity contribution in [2.24, 2.45) is 5.10 Å². The fourth-order valence-electron chi connectivity index (χ4n) is 1.68. The first-order valence-electron chi connectivity index (χ1n) is 5.53. The van der Waals surface area contributed by atoms with Gasteiger partial charge in [-0.25, -0.2) is 0 Å². The van der Waals surface area contributed by atoms with Crippen molar-refractivity contribution >= 4 is 33.3 Å². The summed E-state index contributed by atoms with van der Waals surface area (Å²) in [5.41, 5.74) is 0.193. The molecule has 8 nitrogen and oxygen atoms in total. The maximum Gasteiger partial charge on any atom is 0.294 e. The Hall–Kier alpha value is -2.26. The van der Waals surface area contributed by atoms with Crippen molar-refractivity contribution in [3.8, 4) is 0 Å².